The number of aromatic nitrogens is 1. The Balaban J connectivity index is 1.42. The lowest BCUT2D eigenvalue weighted by molar-refractivity contribution is 0.0747. The van der Waals surface area contributed by atoms with Gasteiger partial charge in [0.05, 0.1) is 10.2 Å². The summed E-state index contributed by atoms with van der Waals surface area (Å²) in [5, 5.41) is 1.03. The van der Waals surface area contributed by atoms with Crippen LogP contribution in [0.2, 0.25) is 0 Å². The molecule has 140 valence electrons. The Labute approximate surface area is 171 Å². The summed E-state index contributed by atoms with van der Waals surface area (Å²) in [6.45, 7) is 3.05. The molecule has 7 heteroatoms. The van der Waals surface area contributed by atoms with Gasteiger partial charge >= 0.3 is 0 Å². The Hall–Kier alpha value is -2.12. The molecule has 0 N–H and O–H groups in total. The maximum Gasteiger partial charge on any atom is 0.253 e. The summed E-state index contributed by atoms with van der Waals surface area (Å²) < 4.78 is 2.25. The monoisotopic (exact) mass is 444 g/mol. The van der Waals surface area contributed by atoms with Gasteiger partial charge in [0, 0.05) is 56.0 Å². The molecule has 1 aliphatic rings. The number of benzene rings is 2. The van der Waals surface area contributed by atoms with E-state index >= 15 is 0 Å². The second-order valence-electron chi connectivity index (χ2n) is 6.83. The van der Waals surface area contributed by atoms with Gasteiger partial charge in [0.25, 0.3) is 5.91 Å². The van der Waals surface area contributed by atoms with E-state index in [1.807, 2.05) is 60.3 Å². The third-order valence-corrected chi connectivity index (χ3v) is 6.38. The number of nitrogens with zero attached hydrogens (tertiary/aromatic N) is 4. The number of piperazine rings is 1. The summed E-state index contributed by atoms with van der Waals surface area (Å²) in [5.74, 6) is 0.105. The van der Waals surface area contributed by atoms with E-state index in [1.165, 1.54) is 4.70 Å². The van der Waals surface area contributed by atoms with E-state index in [4.69, 9.17) is 4.98 Å². The summed E-state index contributed by atoms with van der Waals surface area (Å²) in [7, 11) is 3.99. The van der Waals surface area contributed by atoms with Crippen molar-refractivity contribution >= 4 is 54.2 Å². The van der Waals surface area contributed by atoms with Gasteiger partial charge in [0.1, 0.15) is 0 Å². The van der Waals surface area contributed by atoms with Gasteiger partial charge in [-0.2, -0.15) is 0 Å². The zero-order chi connectivity index (χ0) is 19.0. The van der Waals surface area contributed by atoms with Crippen LogP contribution in [0.4, 0.5) is 10.8 Å². The van der Waals surface area contributed by atoms with Crippen molar-refractivity contribution in [1.29, 1.82) is 0 Å². The van der Waals surface area contributed by atoms with E-state index < -0.39 is 0 Å². The number of fused-ring (bicyclic) bond motifs is 1. The van der Waals surface area contributed by atoms with Gasteiger partial charge < -0.3 is 14.7 Å². The summed E-state index contributed by atoms with van der Waals surface area (Å²) >= 11 is 5.22. The molecule has 1 amide bonds. The summed E-state index contributed by atoms with van der Waals surface area (Å²) in [5.41, 5.74) is 2.87. The molecule has 1 aliphatic heterocycles. The number of halogens is 1. The maximum absolute atomic E-state index is 12.8. The normalized spacial score (nSPS) is 14.6. The number of rotatable bonds is 3. The van der Waals surface area contributed by atoms with Crippen molar-refractivity contribution in [1.82, 2.24) is 9.88 Å². The molecule has 0 saturated carbocycles. The van der Waals surface area contributed by atoms with Gasteiger partial charge in [-0.25, -0.2) is 4.98 Å². The lowest BCUT2D eigenvalue weighted by Crippen LogP contribution is -2.48. The van der Waals surface area contributed by atoms with Crippen molar-refractivity contribution in [2.75, 3.05) is 50.1 Å². The smallest absolute Gasteiger partial charge is 0.253 e. The minimum atomic E-state index is 0.105. The average Bonchev–Trinajstić information content (AvgIpc) is 3.11. The number of carbonyl (C=O) groups is 1. The number of carbonyl (C=O) groups excluding carboxylic acids is 1. The summed E-state index contributed by atoms with van der Waals surface area (Å²) in [4.78, 5) is 23.8. The molecule has 5 nitrogen and oxygen atoms in total. The predicted octanol–water partition coefficient (Wildman–Crippen LogP) is 4.09. The van der Waals surface area contributed by atoms with Crippen molar-refractivity contribution in [2.45, 2.75) is 0 Å². The molecule has 1 aromatic heterocycles. The van der Waals surface area contributed by atoms with Crippen molar-refractivity contribution in [3.05, 3.63) is 52.5 Å². The van der Waals surface area contributed by atoms with E-state index in [0.29, 0.717) is 13.1 Å². The number of hydrogen-bond donors (Lipinski definition) is 0. The van der Waals surface area contributed by atoms with E-state index in [1.54, 1.807) is 11.3 Å². The van der Waals surface area contributed by atoms with Crippen LogP contribution >= 0.6 is 27.3 Å². The fourth-order valence-corrected chi connectivity index (χ4v) is 4.78. The molecule has 0 radical (unpaired) electrons. The van der Waals surface area contributed by atoms with Crippen LogP contribution in [-0.2, 0) is 0 Å². The second kappa shape index (κ2) is 7.48. The van der Waals surface area contributed by atoms with E-state index in [2.05, 4.69) is 26.9 Å². The zero-order valence-corrected chi connectivity index (χ0v) is 17.8. The Kier molecular flexibility index (Phi) is 5.06. The van der Waals surface area contributed by atoms with Crippen LogP contribution in [0.3, 0.4) is 0 Å². The van der Waals surface area contributed by atoms with Crippen molar-refractivity contribution in [3.63, 3.8) is 0 Å². The molecule has 2 aromatic carbocycles. The quantitative estimate of drug-likeness (QED) is 0.609. The van der Waals surface area contributed by atoms with Crippen LogP contribution in [0.25, 0.3) is 10.2 Å². The number of thiazole rings is 1. The fraction of sp³-hybridized carbons (Fsp3) is 0.300. The molecule has 3 aromatic rings. The maximum atomic E-state index is 12.8. The molecule has 0 bridgehead atoms. The van der Waals surface area contributed by atoms with Crippen molar-refractivity contribution < 1.29 is 4.79 Å². The largest absolute Gasteiger partial charge is 0.378 e. The molecule has 1 saturated heterocycles. The second-order valence-corrected chi connectivity index (χ2v) is 8.75. The van der Waals surface area contributed by atoms with Gasteiger partial charge in [-0.1, -0.05) is 27.3 Å². The molecular formula is C20H21BrN4OS. The van der Waals surface area contributed by atoms with Gasteiger partial charge in [0.2, 0.25) is 0 Å². The van der Waals surface area contributed by atoms with Crippen LogP contribution in [0.1, 0.15) is 10.4 Å². The summed E-state index contributed by atoms with van der Waals surface area (Å²) in [6.07, 6.45) is 0. The highest BCUT2D eigenvalue weighted by Gasteiger charge is 2.24. The predicted molar refractivity (Wildman–Crippen MR) is 116 cm³/mol. The molecule has 0 atom stereocenters. The molecule has 0 unspecified atom stereocenters. The number of hydrogen-bond acceptors (Lipinski definition) is 5. The topological polar surface area (TPSA) is 39.7 Å². The highest BCUT2D eigenvalue weighted by molar-refractivity contribution is 9.10. The molecular weight excluding hydrogens is 424 g/mol. The molecule has 0 aliphatic carbocycles. The summed E-state index contributed by atoms with van der Waals surface area (Å²) in [6, 6.07) is 14.0. The van der Waals surface area contributed by atoms with E-state index in [0.717, 1.165) is 39.5 Å². The van der Waals surface area contributed by atoms with E-state index in [-0.39, 0.29) is 5.91 Å². The molecule has 4 rings (SSSR count). The average molecular weight is 445 g/mol. The molecule has 0 spiro atoms. The first-order valence-corrected chi connectivity index (χ1v) is 10.5. The van der Waals surface area contributed by atoms with E-state index in [9.17, 15) is 4.79 Å². The third kappa shape index (κ3) is 3.80. The fourth-order valence-electron chi connectivity index (χ4n) is 3.21. The van der Waals surface area contributed by atoms with Crippen molar-refractivity contribution in [3.8, 4) is 0 Å². The minimum absolute atomic E-state index is 0.105. The molecule has 27 heavy (non-hydrogen) atoms. The first-order valence-electron chi connectivity index (χ1n) is 8.89. The van der Waals surface area contributed by atoms with Gasteiger partial charge in [-0.15, -0.1) is 0 Å². The Morgan fingerprint density at radius 2 is 1.78 bits per heavy atom. The highest BCUT2D eigenvalue weighted by atomic mass is 79.9. The Morgan fingerprint density at radius 1 is 1.07 bits per heavy atom. The van der Waals surface area contributed by atoms with Crippen molar-refractivity contribution in [2.24, 2.45) is 0 Å². The van der Waals surface area contributed by atoms with Gasteiger partial charge in [-0.05, 0) is 42.5 Å². The van der Waals surface area contributed by atoms with Gasteiger partial charge in [-0.3, -0.25) is 4.79 Å². The standard InChI is InChI=1S/C20H21BrN4OS/c1-23(2)16-6-3-14(4-7-16)19(26)24-9-11-25(12-10-24)20-22-17-8-5-15(21)13-18(17)27-20/h3-8,13H,9-12H2,1-2H3. The van der Waals surface area contributed by atoms with Crippen LogP contribution in [0.5, 0.6) is 0 Å². The Bertz CT molecular complexity index is 962. The molecule has 1 fully saturated rings. The minimum Gasteiger partial charge on any atom is -0.378 e. The lowest BCUT2D eigenvalue weighted by atomic mass is 10.1. The van der Waals surface area contributed by atoms with Crippen LogP contribution < -0.4 is 9.80 Å². The van der Waals surface area contributed by atoms with Crippen LogP contribution in [0.15, 0.2) is 46.9 Å². The third-order valence-electron chi connectivity index (χ3n) is 4.81. The highest BCUT2D eigenvalue weighted by Crippen LogP contribution is 2.31. The number of amides is 1. The van der Waals surface area contributed by atoms with Gasteiger partial charge in [0.15, 0.2) is 5.13 Å². The van der Waals surface area contributed by atoms with Crippen LogP contribution in [0, 0.1) is 0 Å². The number of anilines is 2. The first-order chi connectivity index (χ1) is 13.0. The molecule has 2 heterocycles. The SMILES string of the molecule is CN(C)c1ccc(C(=O)N2CCN(c3nc4ccc(Br)cc4s3)CC2)cc1. The first kappa shape index (κ1) is 18.3. The zero-order valence-electron chi connectivity index (χ0n) is 15.4. The Morgan fingerprint density at radius 3 is 2.44 bits per heavy atom. The van der Waals surface area contributed by atoms with Crippen LogP contribution in [-0.4, -0.2) is 56.1 Å². The lowest BCUT2D eigenvalue weighted by Gasteiger charge is -2.34.